The maximum Gasteiger partial charge on any atom is 0.349 e. The number of rotatable bonds is 6. The lowest BCUT2D eigenvalue weighted by Gasteiger charge is -2.15. The van der Waals surface area contributed by atoms with E-state index in [1.165, 1.54) is 43.6 Å². The molecule has 0 aliphatic heterocycles. The van der Waals surface area contributed by atoms with Gasteiger partial charge in [-0.15, -0.1) is 11.3 Å². The van der Waals surface area contributed by atoms with Gasteiger partial charge in [-0.2, -0.15) is 0 Å². The number of benzene rings is 1. The molecule has 1 heterocycles. The second-order valence-electron chi connectivity index (χ2n) is 5.11. The zero-order valence-corrected chi connectivity index (χ0v) is 14.6. The smallest absolute Gasteiger partial charge is 0.349 e. The van der Waals surface area contributed by atoms with Gasteiger partial charge in [0.1, 0.15) is 10.6 Å². The molecule has 132 valence electrons. The average molecular weight is 364 g/mol. The van der Waals surface area contributed by atoms with Crippen molar-refractivity contribution in [1.82, 2.24) is 0 Å². The van der Waals surface area contributed by atoms with E-state index < -0.39 is 22.9 Å². The van der Waals surface area contributed by atoms with Crippen LogP contribution in [0.15, 0.2) is 29.6 Å². The van der Waals surface area contributed by atoms with E-state index >= 15 is 0 Å². The van der Waals surface area contributed by atoms with Gasteiger partial charge in [-0.1, -0.05) is 0 Å². The van der Waals surface area contributed by atoms with Crippen LogP contribution in [0.4, 0.5) is 11.4 Å². The third-order valence-electron chi connectivity index (χ3n) is 3.35. The summed E-state index contributed by atoms with van der Waals surface area (Å²) in [5.74, 6) is -1.02. The minimum absolute atomic E-state index is 0.134. The quantitative estimate of drug-likeness (QED) is 0.479. The van der Waals surface area contributed by atoms with E-state index in [1.807, 2.05) is 0 Å². The lowest BCUT2D eigenvalue weighted by molar-refractivity contribution is -0.384. The Bertz CT molecular complexity index is 817. The van der Waals surface area contributed by atoms with Gasteiger partial charge in [0, 0.05) is 6.07 Å². The second kappa shape index (κ2) is 7.75. The summed E-state index contributed by atoms with van der Waals surface area (Å²) >= 11 is 1.24. The number of hydrogen-bond acceptors (Lipinski definition) is 7. The van der Waals surface area contributed by atoms with Crippen LogP contribution < -0.4 is 10.1 Å². The molecular weight excluding hydrogens is 348 g/mol. The Kier molecular flexibility index (Phi) is 5.71. The number of hydrogen-bond donors (Lipinski definition) is 1. The van der Waals surface area contributed by atoms with Crippen LogP contribution in [0.3, 0.4) is 0 Å². The van der Waals surface area contributed by atoms with Gasteiger partial charge in [-0.05, 0) is 36.9 Å². The number of non-ortho nitro benzene ring substituents is 1. The molecule has 9 heteroatoms. The van der Waals surface area contributed by atoms with E-state index in [9.17, 15) is 19.7 Å². The molecule has 0 saturated carbocycles. The first-order chi connectivity index (χ1) is 11.8. The Balaban J connectivity index is 2.07. The molecule has 1 amide bonds. The molecule has 1 N–H and O–H groups in total. The Morgan fingerprint density at radius 2 is 2.04 bits per heavy atom. The van der Waals surface area contributed by atoms with Crippen LogP contribution in [-0.4, -0.2) is 30.0 Å². The molecule has 25 heavy (non-hydrogen) atoms. The molecule has 0 aliphatic rings. The maximum absolute atomic E-state index is 12.2. The first kappa shape index (κ1) is 18.4. The highest BCUT2D eigenvalue weighted by atomic mass is 32.1. The molecule has 1 aromatic heterocycles. The van der Waals surface area contributed by atoms with Crippen LogP contribution in [0.2, 0.25) is 0 Å². The molecule has 0 spiro atoms. The Morgan fingerprint density at radius 3 is 2.60 bits per heavy atom. The molecule has 0 unspecified atom stereocenters. The molecule has 0 radical (unpaired) electrons. The molecule has 0 bridgehead atoms. The second-order valence-corrected chi connectivity index (χ2v) is 6.03. The number of thiophene rings is 1. The number of methoxy groups -OCH3 is 1. The molecular formula is C16H16N2O6S. The standard InChI is InChI=1S/C16H16N2O6S/c1-9-6-7-25-14(9)16(20)24-10(2)15(19)17-12-5-4-11(18(21)22)8-13(12)23-3/h4-8,10H,1-3H3,(H,17,19)/t10-/m1/s1. The summed E-state index contributed by atoms with van der Waals surface area (Å²) in [4.78, 5) is 34.9. The average Bonchev–Trinajstić information content (AvgIpc) is 3.00. The Hall–Kier alpha value is -2.94. The summed E-state index contributed by atoms with van der Waals surface area (Å²) in [7, 11) is 1.33. The predicted molar refractivity (Wildman–Crippen MR) is 92.2 cm³/mol. The van der Waals surface area contributed by atoms with Crippen molar-refractivity contribution in [2.24, 2.45) is 0 Å². The third-order valence-corrected chi connectivity index (χ3v) is 4.35. The fourth-order valence-electron chi connectivity index (χ4n) is 1.98. The number of nitro groups is 1. The van der Waals surface area contributed by atoms with Crippen molar-refractivity contribution >= 4 is 34.6 Å². The van der Waals surface area contributed by atoms with Gasteiger partial charge >= 0.3 is 5.97 Å². The number of carbonyl (C=O) groups is 2. The van der Waals surface area contributed by atoms with E-state index in [4.69, 9.17) is 9.47 Å². The number of aryl methyl sites for hydroxylation is 1. The van der Waals surface area contributed by atoms with Crippen molar-refractivity contribution in [3.05, 3.63) is 50.2 Å². The Morgan fingerprint density at radius 1 is 1.32 bits per heavy atom. The predicted octanol–water partition coefficient (Wildman–Crippen LogP) is 3.16. The molecule has 0 aliphatic carbocycles. The van der Waals surface area contributed by atoms with Crippen molar-refractivity contribution < 1.29 is 24.0 Å². The number of nitrogens with zero attached hydrogens (tertiary/aromatic N) is 1. The molecule has 0 fully saturated rings. The third kappa shape index (κ3) is 4.32. The van der Waals surface area contributed by atoms with Gasteiger partial charge in [0.15, 0.2) is 6.10 Å². The highest BCUT2D eigenvalue weighted by Gasteiger charge is 2.22. The zero-order valence-electron chi connectivity index (χ0n) is 13.8. The van der Waals surface area contributed by atoms with Crippen molar-refractivity contribution in [3.63, 3.8) is 0 Å². The molecule has 1 aromatic carbocycles. The number of amides is 1. The summed E-state index contributed by atoms with van der Waals surface area (Å²) < 4.78 is 10.2. The SMILES string of the molecule is COc1cc([N+](=O)[O-])ccc1NC(=O)[C@@H](C)OC(=O)c1sccc1C. The number of nitro benzene ring substituents is 1. The number of anilines is 1. The van der Waals surface area contributed by atoms with Gasteiger partial charge in [-0.25, -0.2) is 4.79 Å². The summed E-state index contributed by atoms with van der Waals surface area (Å²) in [6, 6.07) is 5.58. The van der Waals surface area contributed by atoms with E-state index in [1.54, 1.807) is 18.4 Å². The van der Waals surface area contributed by atoms with Gasteiger partial charge < -0.3 is 14.8 Å². The summed E-state index contributed by atoms with van der Waals surface area (Å²) in [6.45, 7) is 3.22. The normalized spacial score (nSPS) is 11.5. The van der Waals surface area contributed by atoms with E-state index in [-0.39, 0.29) is 17.1 Å². The molecule has 0 saturated heterocycles. The first-order valence-corrected chi connectivity index (χ1v) is 8.09. The molecule has 2 rings (SSSR count). The lowest BCUT2D eigenvalue weighted by Crippen LogP contribution is -2.30. The van der Waals surface area contributed by atoms with Crippen molar-refractivity contribution in [2.75, 3.05) is 12.4 Å². The van der Waals surface area contributed by atoms with E-state index in [2.05, 4.69) is 5.32 Å². The zero-order chi connectivity index (χ0) is 18.6. The number of nitrogens with one attached hydrogen (secondary N) is 1. The molecule has 1 atom stereocenters. The van der Waals surface area contributed by atoms with Crippen LogP contribution in [0.5, 0.6) is 5.75 Å². The van der Waals surface area contributed by atoms with Crippen LogP contribution >= 0.6 is 11.3 Å². The minimum atomic E-state index is -1.05. The fourth-order valence-corrected chi connectivity index (χ4v) is 2.79. The van der Waals surface area contributed by atoms with Crippen LogP contribution in [-0.2, 0) is 9.53 Å². The summed E-state index contributed by atoms with van der Waals surface area (Å²) in [5.41, 5.74) is 0.857. The molecule has 8 nitrogen and oxygen atoms in total. The summed E-state index contributed by atoms with van der Waals surface area (Å²) in [6.07, 6.45) is -1.05. The Labute approximate surface area is 147 Å². The van der Waals surface area contributed by atoms with Gasteiger partial charge in [0.25, 0.3) is 11.6 Å². The van der Waals surface area contributed by atoms with E-state index in [0.717, 1.165) is 5.56 Å². The molecule has 2 aromatic rings. The van der Waals surface area contributed by atoms with Crippen molar-refractivity contribution in [1.29, 1.82) is 0 Å². The van der Waals surface area contributed by atoms with Crippen LogP contribution in [0.25, 0.3) is 0 Å². The topological polar surface area (TPSA) is 108 Å². The number of ether oxygens (including phenoxy) is 2. The van der Waals surface area contributed by atoms with E-state index in [0.29, 0.717) is 4.88 Å². The number of esters is 1. The summed E-state index contributed by atoms with van der Waals surface area (Å²) in [5, 5.41) is 15.1. The van der Waals surface area contributed by atoms with Crippen molar-refractivity contribution in [2.45, 2.75) is 20.0 Å². The monoisotopic (exact) mass is 364 g/mol. The van der Waals surface area contributed by atoms with Crippen LogP contribution in [0, 0.1) is 17.0 Å². The maximum atomic E-state index is 12.2. The fraction of sp³-hybridized carbons (Fsp3) is 0.250. The number of carbonyl (C=O) groups excluding carboxylic acids is 2. The van der Waals surface area contributed by atoms with Gasteiger partial charge in [0.05, 0.1) is 23.8 Å². The van der Waals surface area contributed by atoms with Crippen LogP contribution in [0.1, 0.15) is 22.2 Å². The van der Waals surface area contributed by atoms with Gasteiger partial charge in [0.2, 0.25) is 0 Å². The highest BCUT2D eigenvalue weighted by molar-refractivity contribution is 7.12. The largest absolute Gasteiger partial charge is 0.494 e. The van der Waals surface area contributed by atoms with Crippen molar-refractivity contribution in [3.8, 4) is 5.75 Å². The van der Waals surface area contributed by atoms with Gasteiger partial charge in [-0.3, -0.25) is 14.9 Å². The first-order valence-electron chi connectivity index (χ1n) is 7.22. The lowest BCUT2D eigenvalue weighted by atomic mass is 10.2. The highest BCUT2D eigenvalue weighted by Crippen LogP contribution is 2.29. The minimum Gasteiger partial charge on any atom is -0.494 e.